The predicted octanol–water partition coefficient (Wildman–Crippen LogP) is 1.83. The molecule has 1 unspecified atom stereocenters. The van der Waals surface area contributed by atoms with E-state index in [9.17, 15) is 12.8 Å². The molecule has 0 radical (unpaired) electrons. The van der Waals surface area contributed by atoms with Crippen LogP contribution >= 0.6 is 11.6 Å². The van der Waals surface area contributed by atoms with Crippen LogP contribution in [0.15, 0.2) is 18.2 Å². The molecule has 1 rings (SSSR count). The monoisotopic (exact) mass is 280 g/mol. The van der Waals surface area contributed by atoms with E-state index in [1.807, 2.05) is 0 Å². The summed E-state index contributed by atoms with van der Waals surface area (Å²) < 4.78 is 38.8. The van der Waals surface area contributed by atoms with Gasteiger partial charge in [0.25, 0.3) is 0 Å². The molecule has 0 saturated heterocycles. The number of anilines is 1. The molecule has 0 heterocycles. The first-order valence-electron chi connectivity index (χ1n) is 4.98. The highest BCUT2D eigenvalue weighted by Gasteiger charge is 2.20. The highest BCUT2D eigenvalue weighted by molar-refractivity contribution is 7.93. The molecule has 1 aromatic carbocycles. The molecule has 0 aromatic heterocycles. The first-order valence-corrected chi connectivity index (χ1v) is 6.90. The van der Waals surface area contributed by atoms with E-state index in [0.29, 0.717) is 6.54 Å². The second-order valence-corrected chi connectivity index (χ2v) is 6.15. The van der Waals surface area contributed by atoms with Crippen molar-refractivity contribution in [2.45, 2.75) is 12.2 Å². The summed E-state index contributed by atoms with van der Waals surface area (Å²) >= 11 is 5.73. The molecule has 4 nitrogen and oxygen atoms in total. The Morgan fingerprint density at radius 2 is 2.12 bits per heavy atom. The van der Waals surface area contributed by atoms with Crippen LogP contribution in [0.3, 0.4) is 0 Å². The first kappa shape index (κ1) is 14.2. The van der Waals surface area contributed by atoms with Gasteiger partial charge in [-0.05, 0) is 32.2 Å². The van der Waals surface area contributed by atoms with Crippen molar-refractivity contribution in [1.29, 1.82) is 0 Å². The summed E-state index contributed by atoms with van der Waals surface area (Å²) in [5, 5.41) is 2.19. The number of sulfonamides is 1. The van der Waals surface area contributed by atoms with Crippen LogP contribution in [0.4, 0.5) is 10.1 Å². The van der Waals surface area contributed by atoms with Crippen molar-refractivity contribution in [3.8, 4) is 0 Å². The highest BCUT2D eigenvalue weighted by Crippen LogP contribution is 2.24. The van der Waals surface area contributed by atoms with Gasteiger partial charge in [0, 0.05) is 6.54 Å². The third-order valence-corrected chi connectivity index (χ3v) is 4.25. The van der Waals surface area contributed by atoms with Crippen LogP contribution in [0.1, 0.15) is 6.92 Å². The van der Waals surface area contributed by atoms with Gasteiger partial charge in [0.05, 0.1) is 16.0 Å². The topological polar surface area (TPSA) is 58.2 Å². The molecule has 0 aliphatic carbocycles. The van der Waals surface area contributed by atoms with Crippen LogP contribution in [-0.2, 0) is 10.0 Å². The normalized spacial score (nSPS) is 13.4. The van der Waals surface area contributed by atoms with Crippen molar-refractivity contribution < 1.29 is 12.8 Å². The molecule has 2 N–H and O–H groups in total. The smallest absolute Gasteiger partial charge is 0.236 e. The minimum absolute atomic E-state index is 0.0326. The van der Waals surface area contributed by atoms with Crippen LogP contribution in [0.5, 0.6) is 0 Å². The van der Waals surface area contributed by atoms with E-state index in [1.165, 1.54) is 6.07 Å². The Labute approximate surface area is 105 Å². The van der Waals surface area contributed by atoms with E-state index in [1.54, 1.807) is 14.0 Å². The number of hydrogen-bond acceptors (Lipinski definition) is 3. The molecule has 96 valence electrons. The van der Waals surface area contributed by atoms with Crippen LogP contribution in [0, 0.1) is 5.82 Å². The Kier molecular flexibility index (Phi) is 4.73. The fourth-order valence-electron chi connectivity index (χ4n) is 1.22. The molecular formula is C10H14ClFN2O2S. The maximum absolute atomic E-state index is 12.8. The summed E-state index contributed by atoms with van der Waals surface area (Å²) in [5.41, 5.74) is 0.177. The van der Waals surface area contributed by atoms with Gasteiger partial charge in [-0.2, -0.15) is 0 Å². The maximum atomic E-state index is 12.8. The van der Waals surface area contributed by atoms with E-state index >= 15 is 0 Å². The zero-order valence-electron chi connectivity index (χ0n) is 9.50. The van der Waals surface area contributed by atoms with Crippen LogP contribution in [-0.4, -0.2) is 27.3 Å². The number of benzene rings is 1. The minimum Gasteiger partial charge on any atom is -0.318 e. The van der Waals surface area contributed by atoms with Crippen LogP contribution in [0.25, 0.3) is 0 Å². The molecule has 0 aliphatic rings. The molecule has 1 aromatic rings. The highest BCUT2D eigenvalue weighted by atomic mass is 35.5. The predicted molar refractivity (Wildman–Crippen MR) is 67.3 cm³/mol. The van der Waals surface area contributed by atoms with Crippen LogP contribution in [0.2, 0.25) is 5.02 Å². The molecule has 0 aliphatic heterocycles. The standard InChI is InChI=1S/C10H14ClFN2O2S/c1-7(6-13-2)17(15,16)14-10-4-3-8(12)5-9(10)11/h3-5,7,13-14H,6H2,1-2H3. The summed E-state index contributed by atoms with van der Waals surface area (Å²) in [5.74, 6) is -0.513. The lowest BCUT2D eigenvalue weighted by molar-refractivity contribution is 0.583. The lowest BCUT2D eigenvalue weighted by atomic mass is 10.3. The fourth-order valence-corrected chi connectivity index (χ4v) is 2.57. The average molecular weight is 281 g/mol. The third-order valence-electron chi connectivity index (χ3n) is 2.20. The van der Waals surface area contributed by atoms with Crippen molar-refractivity contribution in [2.24, 2.45) is 0 Å². The van der Waals surface area contributed by atoms with Gasteiger partial charge in [0.2, 0.25) is 10.0 Å². The maximum Gasteiger partial charge on any atom is 0.236 e. The average Bonchev–Trinajstić information content (AvgIpc) is 2.22. The SMILES string of the molecule is CNCC(C)S(=O)(=O)Nc1ccc(F)cc1Cl. The zero-order chi connectivity index (χ0) is 13.1. The van der Waals surface area contributed by atoms with Gasteiger partial charge in [-0.1, -0.05) is 11.6 Å². The molecule has 0 fully saturated rings. The largest absolute Gasteiger partial charge is 0.318 e. The molecular weight excluding hydrogens is 267 g/mol. The van der Waals surface area contributed by atoms with Crippen molar-refractivity contribution >= 4 is 27.3 Å². The second-order valence-electron chi connectivity index (χ2n) is 3.64. The van der Waals surface area contributed by atoms with Gasteiger partial charge in [0.1, 0.15) is 5.82 Å². The van der Waals surface area contributed by atoms with Gasteiger partial charge >= 0.3 is 0 Å². The number of rotatable bonds is 5. The quantitative estimate of drug-likeness (QED) is 0.865. The van der Waals surface area contributed by atoms with Gasteiger partial charge in [0.15, 0.2) is 0 Å². The summed E-state index contributed by atoms with van der Waals surface area (Å²) in [4.78, 5) is 0. The lowest BCUT2D eigenvalue weighted by Crippen LogP contribution is -2.33. The Morgan fingerprint density at radius 3 is 2.65 bits per heavy atom. The van der Waals surface area contributed by atoms with Gasteiger partial charge in [-0.25, -0.2) is 12.8 Å². The van der Waals surface area contributed by atoms with Gasteiger partial charge in [-0.15, -0.1) is 0 Å². The van der Waals surface area contributed by atoms with Gasteiger partial charge in [-0.3, -0.25) is 4.72 Å². The van der Waals surface area contributed by atoms with E-state index in [-0.39, 0.29) is 10.7 Å². The van der Waals surface area contributed by atoms with E-state index < -0.39 is 21.1 Å². The summed E-state index contributed by atoms with van der Waals surface area (Å²) in [7, 11) is -1.87. The molecule has 17 heavy (non-hydrogen) atoms. The number of nitrogens with one attached hydrogen (secondary N) is 2. The van der Waals surface area contributed by atoms with E-state index in [2.05, 4.69) is 10.0 Å². The summed E-state index contributed by atoms with van der Waals surface area (Å²) in [6.45, 7) is 1.88. The number of hydrogen-bond donors (Lipinski definition) is 2. The van der Waals surface area contributed by atoms with Crippen molar-refractivity contribution in [1.82, 2.24) is 5.32 Å². The molecule has 1 atom stereocenters. The second kappa shape index (κ2) is 5.66. The third kappa shape index (κ3) is 3.83. The van der Waals surface area contributed by atoms with E-state index in [0.717, 1.165) is 12.1 Å². The molecule has 0 spiro atoms. The summed E-state index contributed by atoms with van der Waals surface area (Å²) in [6.07, 6.45) is 0. The lowest BCUT2D eigenvalue weighted by Gasteiger charge is -2.15. The van der Waals surface area contributed by atoms with Crippen molar-refractivity contribution in [2.75, 3.05) is 18.3 Å². The first-order chi connectivity index (χ1) is 7.86. The molecule has 0 saturated carbocycles. The minimum atomic E-state index is -3.53. The van der Waals surface area contributed by atoms with Crippen LogP contribution < -0.4 is 10.0 Å². The van der Waals surface area contributed by atoms with Gasteiger partial charge < -0.3 is 5.32 Å². The number of halogens is 2. The molecule has 7 heteroatoms. The van der Waals surface area contributed by atoms with E-state index in [4.69, 9.17) is 11.6 Å². The molecule has 0 bridgehead atoms. The fraction of sp³-hybridized carbons (Fsp3) is 0.400. The molecule has 0 amide bonds. The Hall–Kier alpha value is -0.850. The Balaban J connectivity index is 2.90. The van der Waals surface area contributed by atoms with Crippen molar-refractivity contribution in [3.63, 3.8) is 0 Å². The van der Waals surface area contributed by atoms with Crippen molar-refractivity contribution in [3.05, 3.63) is 29.0 Å². The Morgan fingerprint density at radius 1 is 1.47 bits per heavy atom. The summed E-state index contributed by atoms with van der Waals surface area (Å²) in [6, 6.07) is 3.50. The Bertz CT molecular complexity index is 493. The zero-order valence-corrected chi connectivity index (χ0v) is 11.1.